The Labute approximate surface area is 120 Å². The van der Waals surface area contributed by atoms with E-state index in [1.165, 1.54) is 12.1 Å². The van der Waals surface area contributed by atoms with Crippen LogP contribution in [-0.4, -0.2) is 20.5 Å². The molecule has 0 aromatic heterocycles. The van der Waals surface area contributed by atoms with Crippen molar-refractivity contribution in [2.24, 2.45) is 11.7 Å². The fraction of sp³-hybridized carbons (Fsp3) is 0.571. The zero-order valence-corrected chi connectivity index (χ0v) is 13.2. The van der Waals surface area contributed by atoms with Gasteiger partial charge in [-0.2, -0.15) is 0 Å². The molecule has 0 aliphatic heterocycles. The Morgan fingerprint density at radius 2 is 2.00 bits per heavy atom. The van der Waals surface area contributed by atoms with Crippen molar-refractivity contribution in [2.45, 2.75) is 44.6 Å². The van der Waals surface area contributed by atoms with Crippen LogP contribution in [0.25, 0.3) is 0 Å². The monoisotopic (exact) mass is 302 g/mol. The Morgan fingerprint density at radius 3 is 2.45 bits per heavy atom. The van der Waals surface area contributed by atoms with E-state index in [-0.39, 0.29) is 17.4 Å². The SMILES string of the molecule is Cc1ccc(S(=O)(=O)NC(C)(CN)CC(C)C)c(F)c1. The Balaban J connectivity index is 3.10. The van der Waals surface area contributed by atoms with Crippen molar-refractivity contribution < 1.29 is 12.8 Å². The van der Waals surface area contributed by atoms with Gasteiger partial charge in [0.15, 0.2) is 0 Å². The second-order valence-electron chi connectivity index (χ2n) is 5.90. The lowest BCUT2D eigenvalue weighted by Gasteiger charge is -2.30. The van der Waals surface area contributed by atoms with Gasteiger partial charge in [-0.05, 0) is 43.9 Å². The van der Waals surface area contributed by atoms with Crippen LogP contribution in [0.15, 0.2) is 23.1 Å². The fourth-order valence-electron chi connectivity index (χ4n) is 2.27. The molecule has 0 saturated heterocycles. The van der Waals surface area contributed by atoms with Crippen LogP contribution in [0, 0.1) is 18.7 Å². The Hall–Kier alpha value is -0.980. The second kappa shape index (κ2) is 6.20. The summed E-state index contributed by atoms with van der Waals surface area (Å²) in [6, 6.07) is 4.05. The average Bonchev–Trinajstić information content (AvgIpc) is 2.26. The first kappa shape index (κ1) is 17.1. The average molecular weight is 302 g/mol. The molecule has 114 valence electrons. The largest absolute Gasteiger partial charge is 0.329 e. The molecule has 20 heavy (non-hydrogen) atoms. The highest BCUT2D eigenvalue weighted by molar-refractivity contribution is 7.89. The van der Waals surface area contributed by atoms with Crippen molar-refractivity contribution in [3.63, 3.8) is 0 Å². The van der Waals surface area contributed by atoms with Gasteiger partial charge in [-0.25, -0.2) is 17.5 Å². The van der Waals surface area contributed by atoms with Crippen LogP contribution in [0.1, 0.15) is 32.8 Å². The maximum absolute atomic E-state index is 13.8. The van der Waals surface area contributed by atoms with Gasteiger partial charge in [0.2, 0.25) is 10.0 Å². The first-order valence-electron chi connectivity index (χ1n) is 6.60. The first-order chi connectivity index (χ1) is 9.09. The van der Waals surface area contributed by atoms with E-state index < -0.39 is 21.4 Å². The Kier molecular flexibility index (Phi) is 5.29. The van der Waals surface area contributed by atoms with Gasteiger partial charge in [0, 0.05) is 12.1 Å². The van der Waals surface area contributed by atoms with E-state index in [0.717, 1.165) is 0 Å². The van der Waals surface area contributed by atoms with Crippen molar-refractivity contribution in [1.29, 1.82) is 0 Å². The summed E-state index contributed by atoms with van der Waals surface area (Å²) in [6.07, 6.45) is 0.580. The third-order valence-electron chi connectivity index (χ3n) is 3.07. The number of aryl methyl sites for hydroxylation is 1. The normalized spacial score (nSPS) is 15.3. The maximum atomic E-state index is 13.8. The molecule has 0 aliphatic carbocycles. The molecule has 6 heteroatoms. The van der Waals surface area contributed by atoms with Gasteiger partial charge in [0.05, 0.1) is 0 Å². The zero-order valence-electron chi connectivity index (χ0n) is 12.4. The number of benzene rings is 1. The summed E-state index contributed by atoms with van der Waals surface area (Å²) in [7, 11) is -3.93. The first-order valence-corrected chi connectivity index (χ1v) is 8.08. The van der Waals surface area contributed by atoms with Crippen LogP contribution in [-0.2, 0) is 10.0 Å². The lowest BCUT2D eigenvalue weighted by molar-refractivity contribution is 0.344. The Morgan fingerprint density at radius 1 is 1.40 bits per heavy atom. The number of rotatable bonds is 6. The van der Waals surface area contributed by atoms with Crippen molar-refractivity contribution in [1.82, 2.24) is 4.72 Å². The molecule has 0 bridgehead atoms. The van der Waals surface area contributed by atoms with E-state index in [9.17, 15) is 12.8 Å². The summed E-state index contributed by atoms with van der Waals surface area (Å²) in [5.41, 5.74) is 5.57. The molecule has 0 heterocycles. The molecule has 0 saturated carbocycles. The van der Waals surface area contributed by atoms with Gasteiger partial charge < -0.3 is 5.73 Å². The van der Waals surface area contributed by atoms with Gasteiger partial charge in [-0.1, -0.05) is 19.9 Å². The predicted molar refractivity (Wildman–Crippen MR) is 78.4 cm³/mol. The zero-order chi connectivity index (χ0) is 15.6. The standard InChI is InChI=1S/C14H23FN2O2S/c1-10(2)8-14(4,9-16)17-20(18,19)13-6-5-11(3)7-12(13)15/h5-7,10,17H,8-9,16H2,1-4H3. The molecule has 0 amide bonds. The van der Waals surface area contributed by atoms with Gasteiger partial charge in [0.25, 0.3) is 0 Å². The van der Waals surface area contributed by atoms with E-state index in [4.69, 9.17) is 5.73 Å². The maximum Gasteiger partial charge on any atom is 0.244 e. The number of sulfonamides is 1. The van der Waals surface area contributed by atoms with Crippen molar-refractivity contribution in [2.75, 3.05) is 6.54 Å². The van der Waals surface area contributed by atoms with Gasteiger partial charge in [0.1, 0.15) is 10.7 Å². The van der Waals surface area contributed by atoms with Crippen LogP contribution in [0.4, 0.5) is 4.39 Å². The molecule has 0 radical (unpaired) electrons. The second-order valence-corrected chi connectivity index (χ2v) is 7.55. The molecule has 1 aromatic carbocycles. The molecule has 1 aromatic rings. The number of hydrogen-bond acceptors (Lipinski definition) is 3. The number of halogens is 1. The summed E-state index contributed by atoms with van der Waals surface area (Å²) < 4.78 is 41.0. The van der Waals surface area contributed by atoms with E-state index in [2.05, 4.69) is 4.72 Å². The van der Waals surface area contributed by atoms with Gasteiger partial charge >= 0.3 is 0 Å². The molecular formula is C14H23FN2O2S. The highest BCUT2D eigenvalue weighted by Crippen LogP contribution is 2.21. The third-order valence-corrected chi connectivity index (χ3v) is 4.74. The Bertz CT molecular complexity index is 573. The summed E-state index contributed by atoms with van der Waals surface area (Å²) in [5, 5.41) is 0. The molecule has 0 spiro atoms. The smallest absolute Gasteiger partial charge is 0.244 e. The molecule has 3 N–H and O–H groups in total. The minimum Gasteiger partial charge on any atom is -0.329 e. The topological polar surface area (TPSA) is 72.2 Å². The lowest BCUT2D eigenvalue weighted by Crippen LogP contribution is -2.52. The van der Waals surface area contributed by atoms with Crippen molar-refractivity contribution in [3.8, 4) is 0 Å². The summed E-state index contributed by atoms with van der Waals surface area (Å²) in [6.45, 7) is 7.55. The van der Waals surface area contributed by atoms with Crippen LogP contribution in [0.2, 0.25) is 0 Å². The molecule has 1 atom stereocenters. The molecule has 0 fully saturated rings. The van der Waals surface area contributed by atoms with Crippen LogP contribution >= 0.6 is 0 Å². The molecule has 0 aliphatic rings. The predicted octanol–water partition coefficient (Wildman–Crippen LogP) is 2.18. The van der Waals surface area contributed by atoms with E-state index in [1.54, 1.807) is 19.9 Å². The lowest BCUT2D eigenvalue weighted by atomic mass is 9.92. The van der Waals surface area contributed by atoms with E-state index in [0.29, 0.717) is 12.0 Å². The van der Waals surface area contributed by atoms with Gasteiger partial charge in [-0.3, -0.25) is 0 Å². The van der Waals surface area contributed by atoms with E-state index >= 15 is 0 Å². The summed E-state index contributed by atoms with van der Waals surface area (Å²) in [4.78, 5) is -0.341. The molecule has 1 unspecified atom stereocenters. The number of hydrogen-bond donors (Lipinski definition) is 2. The third kappa shape index (κ3) is 4.26. The molecule has 4 nitrogen and oxygen atoms in total. The summed E-state index contributed by atoms with van der Waals surface area (Å²) >= 11 is 0. The van der Waals surface area contributed by atoms with Crippen LogP contribution in [0.3, 0.4) is 0 Å². The fourth-order valence-corrected chi connectivity index (χ4v) is 3.76. The minimum atomic E-state index is -3.93. The van der Waals surface area contributed by atoms with Crippen LogP contribution in [0.5, 0.6) is 0 Å². The minimum absolute atomic E-state index is 0.151. The number of nitrogens with one attached hydrogen (secondary N) is 1. The number of nitrogens with two attached hydrogens (primary N) is 1. The molecule has 1 rings (SSSR count). The van der Waals surface area contributed by atoms with Gasteiger partial charge in [-0.15, -0.1) is 0 Å². The quantitative estimate of drug-likeness (QED) is 0.846. The summed E-state index contributed by atoms with van der Waals surface area (Å²) in [5.74, 6) is -0.476. The van der Waals surface area contributed by atoms with Crippen molar-refractivity contribution in [3.05, 3.63) is 29.6 Å². The van der Waals surface area contributed by atoms with Crippen molar-refractivity contribution >= 4 is 10.0 Å². The van der Waals surface area contributed by atoms with E-state index in [1.807, 2.05) is 13.8 Å². The van der Waals surface area contributed by atoms with Crippen LogP contribution < -0.4 is 10.5 Å². The highest BCUT2D eigenvalue weighted by atomic mass is 32.2. The molecular weight excluding hydrogens is 279 g/mol. The highest BCUT2D eigenvalue weighted by Gasteiger charge is 2.31.